The number of nitrogens with one attached hydrogen (secondary N) is 1. The molecule has 3 aromatic rings. The number of nitrogens with zero attached hydrogens (tertiary/aromatic N) is 4. The normalized spacial score (nSPS) is 17.6. The number of aromatic nitrogens is 4. The van der Waals surface area contributed by atoms with Crippen LogP contribution in [0.3, 0.4) is 0 Å². The van der Waals surface area contributed by atoms with E-state index in [-0.39, 0.29) is 17.7 Å². The lowest BCUT2D eigenvalue weighted by atomic mass is 9.96. The molecule has 0 saturated heterocycles. The summed E-state index contributed by atoms with van der Waals surface area (Å²) in [7, 11) is 1.64. The van der Waals surface area contributed by atoms with Crippen LogP contribution in [0.15, 0.2) is 54.6 Å². The zero-order valence-electron chi connectivity index (χ0n) is 16.8. The molecule has 8 heteroatoms. The number of benzene rings is 2. The smallest absolute Gasteiger partial charge is 0.214 e. The highest BCUT2D eigenvalue weighted by atomic mass is 19.1. The molecule has 4 rings (SSSR count). The molecule has 0 aliphatic carbocycles. The second-order valence-electron chi connectivity index (χ2n) is 7.34. The zero-order chi connectivity index (χ0) is 20.9. The van der Waals surface area contributed by atoms with Crippen molar-refractivity contribution in [1.82, 2.24) is 20.2 Å². The van der Waals surface area contributed by atoms with Crippen molar-refractivity contribution in [2.45, 2.75) is 19.0 Å². The Labute approximate surface area is 173 Å². The third-order valence-electron chi connectivity index (χ3n) is 5.48. The molecule has 2 heterocycles. The van der Waals surface area contributed by atoms with Crippen LogP contribution in [0.5, 0.6) is 0 Å². The highest BCUT2D eigenvalue weighted by Crippen LogP contribution is 2.22. The standard InChI is InChI=1S/C22H23F2N5O/c1-30-15-14-29-22(25-26-27-29)21(18-4-8-20(24)9-5-18)28-12-10-17(11-13-28)16-2-6-19(23)7-3-16/h2-10,21H,11-15H2,1H3/p+1/t21-/m1/s1. The van der Waals surface area contributed by atoms with Crippen LogP contribution in [0.25, 0.3) is 5.57 Å². The van der Waals surface area contributed by atoms with E-state index in [1.54, 1.807) is 23.9 Å². The van der Waals surface area contributed by atoms with Gasteiger partial charge in [0.15, 0.2) is 6.04 Å². The Morgan fingerprint density at radius 3 is 2.40 bits per heavy atom. The lowest BCUT2D eigenvalue weighted by Crippen LogP contribution is -3.13. The van der Waals surface area contributed by atoms with Crippen LogP contribution in [0.4, 0.5) is 8.78 Å². The predicted molar refractivity (Wildman–Crippen MR) is 108 cm³/mol. The van der Waals surface area contributed by atoms with Crippen LogP contribution in [0, 0.1) is 11.6 Å². The number of rotatable bonds is 7. The molecule has 2 atom stereocenters. The van der Waals surface area contributed by atoms with Crippen LogP contribution in [-0.4, -0.2) is 47.0 Å². The minimum absolute atomic E-state index is 0.136. The van der Waals surface area contributed by atoms with E-state index in [2.05, 4.69) is 21.6 Å². The molecule has 0 radical (unpaired) electrons. The molecule has 30 heavy (non-hydrogen) atoms. The first-order chi connectivity index (χ1) is 14.7. The molecule has 0 bridgehead atoms. The van der Waals surface area contributed by atoms with Crippen molar-refractivity contribution in [3.8, 4) is 0 Å². The number of tetrazole rings is 1. The van der Waals surface area contributed by atoms with Gasteiger partial charge in [-0.15, -0.1) is 5.10 Å². The van der Waals surface area contributed by atoms with E-state index in [9.17, 15) is 8.78 Å². The second kappa shape index (κ2) is 9.23. The van der Waals surface area contributed by atoms with Gasteiger partial charge in [-0.2, -0.15) is 0 Å². The first-order valence-electron chi connectivity index (χ1n) is 9.95. The lowest BCUT2D eigenvalue weighted by Gasteiger charge is -2.30. The fourth-order valence-electron chi connectivity index (χ4n) is 3.92. The lowest BCUT2D eigenvalue weighted by molar-refractivity contribution is -0.921. The maximum absolute atomic E-state index is 13.5. The minimum atomic E-state index is -0.274. The van der Waals surface area contributed by atoms with Gasteiger partial charge in [0.2, 0.25) is 5.82 Å². The Bertz CT molecular complexity index is 1000. The van der Waals surface area contributed by atoms with E-state index in [0.29, 0.717) is 13.2 Å². The molecule has 1 aliphatic heterocycles. The van der Waals surface area contributed by atoms with Crippen molar-refractivity contribution in [2.75, 3.05) is 26.8 Å². The molecule has 2 aromatic carbocycles. The zero-order valence-corrected chi connectivity index (χ0v) is 16.8. The van der Waals surface area contributed by atoms with Crippen LogP contribution in [0.1, 0.15) is 29.4 Å². The highest BCUT2D eigenvalue weighted by Gasteiger charge is 2.32. The SMILES string of the molecule is COCCn1nnnc1[C@@H](c1ccc(F)cc1)[NH+]1CC=C(c2ccc(F)cc2)CC1. The molecule has 1 aliphatic rings. The van der Waals surface area contributed by atoms with E-state index in [1.807, 2.05) is 12.1 Å². The number of quaternary nitrogens is 1. The van der Waals surface area contributed by atoms with Crippen LogP contribution >= 0.6 is 0 Å². The fraction of sp³-hybridized carbons (Fsp3) is 0.318. The molecule has 1 N–H and O–H groups in total. The summed E-state index contributed by atoms with van der Waals surface area (Å²) in [4.78, 5) is 1.26. The maximum atomic E-state index is 13.5. The molecule has 156 valence electrons. The Morgan fingerprint density at radius 1 is 1.07 bits per heavy atom. The Balaban J connectivity index is 1.63. The number of ether oxygens (including phenoxy) is 1. The molecule has 0 spiro atoms. The third kappa shape index (κ3) is 4.44. The summed E-state index contributed by atoms with van der Waals surface area (Å²) in [5.41, 5.74) is 3.20. The molecule has 0 amide bonds. The Hall–Kier alpha value is -2.97. The van der Waals surface area contributed by atoms with E-state index >= 15 is 0 Å². The van der Waals surface area contributed by atoms with Crippen molar-refractivity contribution in [1.29, 1.82) is 0 Å². The van der Waals surface area contributed by atoms with Gasteiger partial charge in [-0.05, 0) is 64.0 Å². The largest absolute Gasteiger partial charge is 0.383 e. The number of hydrogen-bond acceptors (Lipinski definition) is 4. The molecular weight excluding hydrogens is 388 g/mol. The molecule has 6 nitrogen and oxygen atoms in total. The predicted octanol–water partition coefficient (Wildman–Crippen LogP) is 2.06. The van der Waals surface area contributed by atoms with Crippen molar-refractivity contribution >= 4 is 5.57 Å². The summed E-state index contributed by atoms with van der Waals surface area (Å²) in [5.74, 6) is 0.220. The van der Waals surface area contributed by atoms with Gasteiger partial charge in [-0.3, -0.25) is 0 Å². The van der Waals surface area contributed by atoms with Crippen LogP contribution < -0.4 is 4.90 Å². The van der Waals surface area contributed by atoms with Gasteiger partial charge in [0.05, 0.1) is 26.2 Å². The van der Waals surface area contributed by atoms with Crippen molar-refractivity contribution in [3.05, 3.63) is 83.2 Å². The van der Waals surface area contributed by atoms with Gasteiger partial charge in [0.1, 0.15) is 11.6 Å². The first kappa shape index (κ1) is 20.3. The van der Waals surface area contributed by atoms with E-state index in [1.165, 1.54) is 34.7 Å². The summed E-state index contributed by atoms with van der Waals surface area (Å²) in [6.45, 7) is 2.65. The summed E-state index contributed by atoms with van der Waals surface area (Å²) in [6.07, 6.45) is 3.03. The first-order valence-corrected chi connectivity index (χ1v) is 9.95. The summed E-state index contributed by atoms with van der Waals surface area (Å²) in [5, 5.41) is 12.3. The summed E-state index contributed by atoms with van der Waals surface area (Å²) < 4.78 is 33.7. The number of halogens is 2. The number of hydrogen-bond donors (Lipinski definition) is 1. The van der Waals surface area contributed by atoms with Gasteiger partial charge in [-0.25, -0.2) is 13.5 Å². The summed E-state index contributed by atoms with van der Waals surface area (Å²) >= 11 is 0. The highest BCUT2D eigenvalue weighted by molar-refractivity contribution is 5.66. The topological polar surface area (TPSA) is 57.3 Å². The van der Waals surface area contributed by atoms with E-state index in [0.717, 1.165) is 36.5 Å². The molecule has 0 fully saturated rings. The Kier molecular flexibility index (Phi) is 6.25. The van der Waals surface area contributed by atoms with E-state index in [4.69, 9.17) is 4.74 Å². The number of methoxy groups -OCH3 is 1. The summed E-state index contributed by atoms with van der Waals surface area (Å²) in [6, 6.07) is 13.0. The van der Waals surface area contributed by atoms with Crippen molar-refractivity contribution in [3.63, 3.8) is 0 Å². The molecule has 1 aromatic heterocycles. The minimum Gasteiger partial charge on any atom is -0.383 e. The molecular formula is C22H24F2N5O+. The third-order valence-corrected chi connectivity index (χ3v) is 5.48. The second-order valence-corrected chi connectivity index (χ2v) is 7.34. The maximum Gasteiger partial charge on any atom is 0.214 e. The van der Waals surface area contributed by atoms with Crippen molar-refractivity contribution in [2.24, 2.45) is 0 Å². The monoisotopic (exact) mass is 412 g/mol. The van der Waals surface area contributed by atoms with Gasteiger partial charge in [0, 0.05) is 19.1 Å². The quantitative estimate of drug-likeness (QED) is 0.646. The van der Waals surface area contributed by atoms with Gasteiger partial charge >= 0.3 is 0 Å². The van der Waals surface area contributed by atoms with Gasteiger partial charge in [-0.1, -0.05) is 12.1 Å². The van der Waals surface area contributed by atoms with Crippen LogP contribution in [-0.2, 0) is 11.3 Å². The molecule has 0 saturated carbocycles. The molecule has 1 unspecified atom stereocenters. The van der Waals surface area contributed by atoms with E-state index < -0.39 is 0 Å². The Morgan fingerprint density at radius 2 is 1.77 bits per heavy atom. The van der Waals surface area contributed by atoms with Crippen molar-refractivity contribution < 1.29 is 18.4 Å². The fourth-order valence-corrected chi connectivity index (χ4v) is 3.92. The van der Waals surface area contributed by atoms with Gasteiger partial charge in [0.25, 0.3) is 0 Å². The van der Waals surface area contributed by atoms with Gasteiger partial charge < -0.3 is 9.64 Å². The average Bonchev–Trinajstić information content (AvgIpc) is 3.23. The van der Waals surface area contributed by atoms with Crippen LogP contribution in [0.2, 0.25) is 0 Å². The average molecular weight is 412 g/mol.